The SMILES string of the molecule is CCCN(Cc1cn(CC(O)CN2CCC(c3c(C)[nH]c4ccc(Cl)cc34)CC2)nc1-c1ccc(Br)cc1)S(C)(=O)=O. The summed E-state index contributed by atoms with van der Waals surface area (Å²) in [7, 11) is -3.38. The number of aliphatic hydroxyl groups is 1. The number of benzene rings is 2. The minimum Gasteiger partial charge on any atom is -0.390 e. The van der Waals surface area contributed by atoms with Crippen molar-refractivity contribution in [1.29, 1.82) is 0 Å². The number of fused-ring (bicyclic) bond motifs is 1. The highest BCUT2D eigenvalue weighted by molar-refractivity contribution is 9.10. The number of aromatic amines is 1. The van der Waals surface area contributed by atoms with Crippen LogP contribution in [0.3, 0.4) is 0 Å². The molecule has 1 aliphatic rings. The van der Waals surface area contributed by atoms with Crippen molar-refractivity contribution in [2.45, 2.75) is 58.2 Å². The number of piperidine rings is 1. The number of sulfonamides is 1. The van der Waals surface area contributed by atoms with Crippen molar-refractivity contribution < 1.29 is 13.5 Å². The first kappa shape index (κ1) is 31.2. The Morgan fingerprint density at radius 1 is 1.17 bits per heavy atom. The molecule has 0 spiro atoms. The lowest BCUT2D eigenvalue weighted by Gasteiger charge is -2.33. The lowest BCUT2D eigenvalue weighted by Crippen LogP contribution is -2.39. The van der Waals surface area contributed by atoms with Gasteiger partial charge in [0.05, 0.1) is 24.6 Å². The number of aliphatic hydroxyl groups excluding tert-OH is 1. The fourth-order valence-electron chi connectivity index (χ4n) is 6.15. The summed E-state index contributed by atoms with van der Waals surface area (Å²) >= 11 is 9.79. The van der Waals surface area contributed by atoms with Crippen LogP contribution in [-0.4, -0.2) is 76.0 Å². The number of nitrogens with one attached hydrogen (secondary N) is 1. The first-order chi connectivity index (χ1) is 20.0. The number of hydrogen-bond donors (Lipinski definition) is 2. The number of likely N-dealkylation sites (tertiary alicyclic amines) is 1. The van der Waals surface area contributed by atoms with E-state index in [0.717, 1.165) is 64.2 Å². The standard InChI is InChI=1S/C31H39BrClN5O3S/c1-4-13-38(42(3,40)41)18-24-17-37(35-31(24)23-5-7-25(32)8-6-23)20-27(39)19-36-14-11-22(12-15-36)30-21(2)34-29-10-9-26(33)16-28(29)30/h5-10,16-17,22,27,34,39H,4,11-15,18-20H2,1-3H3. The van der Waals surface area contributed by atoms with E-state index < -0.39 is 16.1 Å². The Balaban J connectivity index is 1.26. The molecule has 0 saturated carbocycles. The van der Waals surface area contributed by atoms with Gasteiger partial charge >= 0.3 is 0 Å². The van der Waals surface area contributed by atoms with Crippen molar-refractivity contribution in [3.8, 4) is 11.3 Å². The average molecular weight is 677 g/mol. The van der Waals surface area contributed by atoms with Gasteiger partial charge in [0.1, 0.15) is 0 Å². The van der Waals surface area contributed by atoms with Crippen molar-refractivity contribution in [1.82, 2.24) is 24.0 Å². The fraction of sp³-hybridized carbons (Fsp3) is 0.452. The third-order valence-electron chi connectivity index (χ3n) is 8.10. The molecule has 5 rings (SSSR count). The van der Waals surface area contributed by atoms with Crippen LogP contribution in [0.1, 0.15) is 48.9 Å². The van der Waals surface area contributed by atoms with Crippen LogP contribution in [0.2, 0.25) is 5.02 Å². The van der Waals surface area contributed by atoms with Crippen LogP contribution in [0.5, 0.6) is 0 Å². The first-order valence-corrected chi connectivity index (χ1v) is 17.5. The first-order valence-electron chi connectivity index (χ1n) is 14.5. The van der Waals surface area contributed by atoms with E-state index in [1.54, 1.807) is 4.68 Å². The predicted molar refractivity (Wildman–Crippen MR) is 173 cm³/mol. The normalized spacial score (nSPS) is 16.1. The molecule has 4 aromatic rings. The van der Waals surface area contributed by atoms with Gasteiger partial charge in [0.2, 0.25) is 10.0 Å². The molecule has 8 nitrogen and oxygen atoms in total. The number of rotatable bonds is 11. The second kappa shape index (κ2) is 13.2. The zero-order valence-electron chi connectivity index (χ0n) is 24.4. The van der Waals surface area contributed by atoms with Crippen molar-refractivity contribution >= 4 is 48.5 Å². The van der Waals surface area contributed by atoms with Crippen LogP contribution in [0.25, 0.3) is 22.2 Å². The highest BCUT2D eigenvalue weighted by Gasteiger charge is 2.26. The summed E-state index contributed by atoms with van der Waals surface area (Å²) in [5.41, 5.74) is 6.15. The van der Waals surface area contributed by atoms with E-state index in [1.807, 2.05) is 49.5 Å². The molecule has 2 aromatic heterocycles. The highest BCUT2D eigenvalue weighted by Crippen LogP contribution is 2.36. The van der Waals surface area contributed by atoms with E-state index >= 15 is 0 Å². The van der Waals surface area contributed by atoms with Gasteiger partial charge in [-0.05, 0) is 81.1 Å². The summed E-state index contributed by atoms with van der Waals surface area (Å²) in [6.07, 6.45) is 5.27. The molecule has 1 fully saturated rings. The Morgan fingerprint density at radius 2 is 1.88 bits per heavy atom. The third kappa shape index (κ3) is 7.29. The molecule has 11 heteroatoms. The van der Waals surface area contributed by atoms with Crippen LogP contribution in [-0.2, 0) is 23.1 Å². The van der Waals surface area contributed by atoms with Gasteiger partial charge < -0.3 is 15.0 Å². The molecule has 0 radical (unpaired) electrons. The number of aromatic nitrogens is 3. The number of halogens is 2. The van der Waals surface area contributed by atoms with Gasteiger partial charge in [-0.3, -0.25) is 4.68 Å². The molecule has 0 amide bonds. The summed E-state index contributed by atoms with van der Waals surface area (Å²) in [5.74, 6) is 0.452. The monoisotopic (exact) mass is 675 g/mol. The van der Waals surface area contributed by atoms with E-state index in [9.17, 15) is 13.5 Å². The quantitative estimate of drug-likeness (QED) is 0.198. The van der Waals surface area contributed by atoms with E-state index in [1.165, 1.54) is 27.2 Å². The van der Waals surface area contributed by atoms with Gasteiger partial charge in [-0.25, -0.2) is 8.42 Å². The molecule has 1 aliphatic heterocycles. The fourth-order valence-corrected chi connectivity index (χ4v) is 7.47. The molecule has 1 saturated heterocycles. The Labute approximate surface area is 261 Å². The zero-order valence-corrected chi connectivity index (χ0v) is 27.5. The molecule has 0 bridgehead atoms. The molecular formula is C31H39BrClN5O3S. The average Bonchev–Trinajstić information content (AvgIpc) is 3.48. The van der Waals surface area contributed by atoms with Gasteiger partial charge in [-0.2, -0.15) is 9.40 Å². The minimum atomic E-state index is -3.38. The van der Waals surface area contributed by atoms with Gasteiger partial charge in [0.15, 0.2) is 0 Å². The van der Waals surface area contributed by atoms with Crippen molar-refractivity contribution in [2.24, 2.45) is 0 Å². The molecule has 2 N–H and O–H groups in total. The topological polar surface area (TPSA) is 94.5 Å². The van der Waals surface area contributed by atoms with Gasteiger partial charge in [0, 0.05) is 63.1 Å². The lowest BCUT2D eigenvalue weighted by molar-refractivity contribution is 0.0823. The summed E-state index contributed by atoms with van der Waals surface area (Å²) in [5, 5.41) is 17.9. The van der Waals surface area contributed by atoms with Crippen LogP contribution in [0.15, 0.2) is 53.1 Å². The van der Waals surface area contributed by atoms with Crippen molar-refractivity contribution in [3.05, 3.63) is 75.0 Å². The second-order valence-corrected chi connectivity index (χ2v) is 14.7. The number of nitrogens with zero attached hydrogens (tertiary/aromatic N) is 4. The number of hydrogen-bond acceptors (Lipinski definition) is 5. The molecule has 0 aliphatic carbocycles. The number of aryl methyl sites for hydroxylation is 1. The van der Waals surface area contributed by atoms with E-state index in [2.05, 4.69) is 38.8 Å². The lowest BCUT2D eigenvalue weighted by atomic mass is 9.87. The zero-order chi connectivity index (χ0) is 30.0. The molecule has 42 heavy (non-hydrogen) atoms. The van der Waals surface area contributed by atoms with Gasteiger partial charge in [-0.15, -0.1) is 0 Å². The summed E-state index contributed by atoms with van der Waals surface area (Å²) in [6.45, 7) is 7.47. The van der Waals surface area contributed by atoms with E-state index in [4.69, 9.17) is 16.7 Å². The maximum atomic E-state index is 12.5. The summed E-state index contributed by atoms with van der Waals surface area (Å²) in [4.78, 5) is 5.83. The second-order valence-electron chi connectivity index (χ2n) is 11.4. The number of H-pyrrole nitrogens is 1. The smallest absolute Gasteiger partial charge is 0.211 e. The molecule has 1 unspecified atom stereocenters. The predicted octanol–water partition coefficient (Wildman–Crippen LogP) is 6.17. The van der Waals surface area contributed by atoms with Crippen molar-refractivity contribution in [3.63, 3.8) is 0 Å². The summed E-state index contributed by atoms with van der Waals surface area (Å²) < 4.78 is 29.1. The Kier molecular flexibility index (Phi) is 9.81. The minimum absolute atomic E-state index is 0.236. The number of β-amino-alcohol motifs (C(OH)–C–C–N with tert-alkyl or cyclic N) is 1. The van der Waals surface area contributed by atoms with Gasteiger partial charge in [-0.1, -0.05) is 46.6 Å². The summed E-state index contributed by atoms with van der Waals surface area (Å²) in [6, 6.07) is 13.9. The van der Waals surface area contributed by atoms with Crippen LogP contribution >= 0.6 is 27.5 Å². The molecule has 226 valence electrons. The third-order valence-corrected chi connectivity index (χ3v) is 10.1. The van der Waals surface area contributed by atoms with Crippen LogP contribution < -0.4 is 0 Å². The maximum Gasteiger partial charge on any atom is 0.211 e. The van der Waals surface area contributed by atoms with Crippen molar-refractivity contribution in [2.75, 3.05) is 32.4 Å². The largest absolute Gasteiger partial charge is 0.390 e. The van der Waals surface area contributed by atoms with Crippen LogP contribution in [0.4, 0.5) is 0 Å². The van der Waals surface area contributed by atoms with Crippen LogP contribution in [0, 0.1) is 6.92 Å². The molecule has 3 heterocycles. The molecular weight excluding hydrogens is 638 g/mol. The Hall–Kier alpha value is -2.21. The van der Waals surface area contributed by atoms with Gasteiger partial charge in [0.25, 0.3) is 0 Å². The maximum absolute atomic E-state index is 12.5. The Bertz CT molecular complexity index is 1630. The van der Waals surface area contributed by atoms with E-state index in [-0.39, 0.29) is 6.54 Å². The Morgan fingerprint density at radius 3 is 2.55 bits per heavy atom. The highest BCUT2D eigenvalue weighted by atomic mass is 79.9. The molecule has 1 atom stereocenters. The molecule has 2 aromatic carbocycles. The van der Waals surface area contributed by atoms with E-state index in [0.29, 0.717) is 25.6 Å².